The average Bonchev–Trinajstić information content (AvgIpc) is 3.64. The highest BCUT2D eigenvalue weighted by atomic mass is 19.4. The van der Waals surface area contributed by atoms with Crippen molar-refractivity contribution in [3.05, 3.63) is 112 Å². The van der Waals surface area contributed by atoms with Gasteiger partial charge in [-0.05, 0) is 60.2 Å². The van der Waals surface area contributed by atoms with Gasteiger partial charge in [-0.25, -0.2) is 9.07 Å². The Morgan fingerprint density at radius 2 is 1.88 bits per heavy atom. The fraction of sp³-hybridized carbons (Fsp3) is 0.276. The van der Waals surface area contributed by atoms with E-state index in [1.165, 1.54) is 30.3 Å². The van der Waals surface area contributed by atoms with E-state index in [9.17, 15) is 27.2 Å². The molecule has 11 heteroatoms. The van der Waals surface area contributed by atoms with E-state index in [1.54, 1.807) is 41.1 Å². The van der Waals surface area contributed by atoms with Crippen molar-refractivity contribution in [1.82, 2.24) is 14.3 Å². The highest BCUT2D eigenvalue weighted by Crippen LogP contribution is 2.37. The molecule has 4 aromatic rings. The highest BCUT2D eigenvalue weighted by molar-refractivity contribution is 6.03. The number of hydrogen-bond acceptors (Lipinski definition) is 4. The van der Waals surface area contributed by atoms with Gasteiger partial charge < -0.3 is 15.6 Å². The maximum Gasteiger partial charge on any atom is 0.435 e. The second-order valence-corrected chi connectivity index (χ2v) is 9.87. The number of anilines is 1. The van der Waals surface area contributed by atoms with Gasteiger partial charge in [-0.3, -0.25) is 9.59 Å². The first-order valence-electron chi connectivity index (χ1n) is 12.9. The molecule has 2 heterocycles. The van der Waals surface area contributed by atoms with Crippen LogP contribution in [-0.2, 0) is 12.7 Å². The Labute approximate surface area is 227 Å². The Kier molecular flexibility index (Phi) is 7.57. The van der Waals surface area contributed by atoms with Gasteiger partial charge in [0, 0.05) is 24.9 Å². The predicted octanol–water partition coefficient (Wildman–Crippen LogP) is 5.68. The molecule has 1 atom stereocenters. The lowest BCUT2D eigenvalue weighted by Crippen LogP contribution is -2.24. The minimum absolute atomic E-state index is 0.132. The number of nitrogens with zero attached hydrogens (tertiary/aromatic N) is 3. The number of pyridine rings is 1. The predicted molar refractivity (Wildman–Crippen MR) is 142 cm³/mol. The number of carbonyl (C=O) groups excluding carboxylic acids is 1. The molecule has 1 saturated carbocycles. The van der Waals surface area contributed by atoms with Crippen LogP contribution in [0.2, 0.25) is 0 Å². The summed E-state index contributed by atoms with van der Waals surface area (Å²) in [7, 11) is 0. The zero-order chi connectivity index (χ0) is 28.4. The molecule has 0 radical (unpaired) electrons. The van der Waals surface area contributed by atoms with Gasteiger partial charge in [-0.2, -0.15) is 18.3 Å². The summed E-state index contributed by atoms with van der Waals surface area (Å²) in [4.78, 5) is 25.9. The summed E-state index contributed by atoms with van der Waals surface area (Å²) < 4.78 is 58.0. The van der Waals surface area contributed by atoms with Crippen LogP contribution >= 0.6 is 0 Å². The fourth-order valence-electron chi connectivity index (χ4n) is 4.69. The summed E-state index contributed by atoms with van der Waals surface area (Å²) in [6.07, 6.45) is 0.619. The first kappa shape index (κ1) is 27.3. The van der Waals surface area contributed by atoms with Crippen molar-refractivity contribution in [2.24, 2.45) is 11.7 Å². The summed E-state index contributed by atoms with van der Waals surface area (Å²) >= 11 is 0. The molecule has 1 aliphatic carbocycles. The number of halogens is 4. The number of aromatic nitrogens is 3. The van der Waals surface area contributed by atoms with Crippen LogP contribution in [0.5, 0.6) is 0 Å². The minimum atomic E-state index is -4.81. The fourth-order valence-corrected chi connectivity index (χ4v) is 4.69. The molecule has 208 valence electrons. The summed E-state index contributed by atoms with van der Waals surface area (Å²) in [5.41, 5.74) is 4.93. The van der Waals surface area contributed by atoms with Crippen LogP contribution in [0.15, 0.2) is 77.7 Å². The lowest BCUT2D eigenvalue weighted by Gasteiger charge is -2.21. The van der Waals surface area contributed by atoms with E-state index in [2.05, 4.69) is 10.4 Å². The molecule has 7 nitrogen and oxygen atoms in total. The normalized spacial score (nSPS) is 14.2. The monoisotopic (exact) mass is 553 g/mol. The van der Waals surface area contributed by atoms with Crippen molar-refractivity contribution in [3.8, 4) is 5.69 Å². The summed E-state index contributed by atoms with van der Waals surface area (Å²) in [5.74, 6) is -1.17. The molecule has 2 aromatic carbocycles. The molecule has 0 saturated heterocycles. The Balaban J connectivity index is 1.50. The van der Waals surface area contributed by atoms with E-state index in [0.29, 0.717) is 29.5 Å². The first-order chi connectivity index (χ1) is 19.1. The number of hydrogen-bond donors (Lipinski definition) is 2. The maximum atomic E-state index is 14.9. The van der Waals surface area contributed by atoms with Crippen molar-refractivity contribution in [2.45, 2.75) is 44.4 Å². The lowest BCUT2D eigenvalue weighted by molar-refractivity contribution is -0.141. The number of amides is 1. The standard InChI is InChI=1S/C29H27F4N5O2/c30-22-11-10-20(24(12-9-18-7-8-18)37-13-2-1-6-27(37)39)15-23(22)35-28(40)25-16-26(29(31,32)33)36-38(25)21-5-3-4-19(14-21)17-34/h1-6,10-11,13-16,18,24H,7-9,12,17,34H2,(H,35,40)/t24-/m0/s1. The maximum absolute atomic E-state index is 14.9. The van der Waals surface area contributed by atoms with Crippen molar-refractivity contribution in [3.63, 3.8) is 0 Å². The molecule has 1 fully saturated rings. The summed E-state index contributed by atoms with van der Waals surface area (Å²) in [6, 6.07) is 15.4. The van der Waals surface area contributed by atoms with Gasteiger partial charge in [-0.1, -0.05) is 37.1 Å². The number of carbonyl (C=O) groups is 1. The third-order valence-electron chi connectivity index (χ3n) is 6.98. The SMILES string of the molecule is NCc1cccc(-n2nc(C(F)(F)F)cc2C(=O)Nc2cc([C@H](CCC3CC3)n3ccccc3=O)ccc2F)c1. The minimum Gasteiger partial charge on any atom is -0.326 e. The number of nitrogens with one attached hydrogen (secondary N) is 1. The molecular formula is C29H27F4N5O2. The van der Waals surface area contributed by atoms with Crippen LogP contribution in [0.3, 0.4) is 0 Å². The molecule has 40 heavy (non-hydrogen) atoms. The van der Waals surface area contributed by atoms with E-state index in [-0.39, 0.29) is 23.5 Å². The molecule has 5 rings (SSSR count). The highest BCUT2D eigenvalue weighted by Gasteiger charge is 2.36. The first-order valence-corrected chi connectivity index (χ1v) is 12.9. The molecular weight excluding hydrogens is 526 g/mol. The van der Waals surface area contributed by atoms with E-state index < -0.39 is 35.3 Å². The Hall–Kier alpha value is -4.25. The largest absolute Gasteiger partial charge is 0.435 e. The van der Waals surface area contributed by atoms with Gasteiger partial charge in [0.05, 0.1) is 17.4 Å². The Morgan fingerprint density at radius 3 is 2.58 bits per heavy atom. The van der Waals surface area contributed by atoms with Crippen LogP contribution in [0.25, 0.3) is 5.69 Å². The quantitative estimate of drug-likeness (QED) is 0.261. The molecule has 2 aromatic heterocycles. The smallest absolute Gasteiger partial charge is 0.326 e. The molecule has 3 N–H and O–H groups in total. The van der Waals surface area contributed by atoms with Gasteiger partial charge >= 0.3 is 6.18 Å². The molecule has 1 aliphatic rings. The Bertz CT molecular complexity index is 1590. The molecule has 0 bridgehead atoms. The Morgan fingerprint density at radius 1 is 1.07 bits per heavy atom. The molecule has 1 amide bonds. The van der Waals surface area contributed by atoms with E-state index in [1.807, 2.05) is 0 Å². The average molecular weight is 554 g/mol. The summed E-state index contributed by atoms with van der Waals surface area (Å²) in [5, 5.41) is 6.03. The van der Waals surface area contributed by atoms with Crippen molar-refractivity contribution < 1.29 is 22.4 Å². The van der Waals surface area contributed by atoms with Gasteiger partial charge in [0.25, 0.3) is 11.5 Å². The topological polar surface area (TPSA) is 94.9 Å². The van der Waals surface area contributed by atoms with Crippen LogP contribution in [-0.4, -0.2) is 20.3 Å². The van der Waals surface area contributed by atoms with Crippen molar-refractivity contribution in [1.29, 1.82) is 0 Å². The van der Waals surface area contributed by atoms with Gasteiger partial charge in [0.15, 0.2) is 5.69 Å². The van der Waals surface area contributed by atoms with Gasteiger partial charge in [-0.15, -0.1) is 0 Å². The molecule has 0 aliphatic heterocycles. The van der Waals surface area contributed by atoms with Crippen LogP contribution < -0.4 is 16.6 Å². The van der Waals surface area contributed by atoms with Gasteiger partial charge in [0.1, 0.15) is 11.5 Å². The van der Waals surface area contributed by atoms with E-state index in [0.717, 1.165) is 23.9 Å². The zero-order valence-electron chi connectivity index (χ0n) is 21.4. The zero-order valence-corrected chi connectivity index (χ0v) is 21.4. The van der Waals surface area contributed by atoms with Crippen molar-refractivity contribution in [2.75, 3.05) is 5.32 Å². The number of alkyl halides is 3. The third kappa shape index (κ3) is 5.99. The number of nitrogens with two attached hydrogens (primary N) is 1. The number of benzene rings is 2. The third-order valence-corrected chi connectivity index (χ3v) is 6.98. The second kappa shape index (κ2) is 11.1. The number of rotatable bonds is 9. The van der Waals surface area contributed by atoms with Crippen LogP contribution in [0.4, 0.5) is 23.2 Å². The van der Waals surface area contributed by atoms with E-state index >= 15 is 0 Å². The van der Waals surface area contributed by atoms with Crippen LogP contribution in [0.1, 0.15) is 59.0 Å². The molecule has 0 spiro atoms. The van der Waals surface area contributed by atoms with Gasteiger partial charge in [0.2, 0.25) is 0 Å². The van der Waals surface area contributed by atoms with Crippen molar-refractivity contribution >= 4 is 11.6 Å². The summed E-state index contributed by atoms with van der Waals surface area (Å²) in [6.45, 7) is 0.132. The van der Waals surface area contributed by atoms with E-state index in [4.69, 9.17) is 5.73 Å². The van der Waals surface area contributed by atoms with Crippen LogP contribution in [0, 0.1) is 11.7 Å². The molecule has 0 unspecified atom stereocenters. The second-order valence-electron chi connectivity index (χ2n) is 9.87. The lowest BCUT2D eigenvalue weighted by atomic mass is 9.99.